The average Bonchev–Trinajstić information content (AvgIpc) is 3.12. The van der Waals surface area contributed by atoms with Gasteiger partial charge in [0.25, 0.3) is 15.6 Å². The second-order valence-corrected chi connectivity index (χ2v) is 10.4. The molecule has 2 unspecified atom stereocenters. The van der Waals surface area contributed by atoms with Crippen molar-refractivity contribution in [2.24, 2.45) is 0 Å². The topological polar surface area (TPSA) is 310 Å². The number of anilines is 1. The van der Waals surface area contributed by atoms with Gasteiger partial charge >= 0.3 is 124 Å². The Morgan fingerprint density at radius 2 is 1.64 bits per heavy atom. The number of phosphoric ester groups is 1. The van der Waals surface area contributed by atoms with Crippen LogP contribution in [0, 0.1) is 0 Å². The summed E-state index contributed by atoms with van der Waals surface area (Å²) < 4.78 is 50.0. The largest absolute Gasteiger partial charge is 1.00 e. The molecule has 1 aliphatic heterocycles. The number of hydrogen-bond acceptors (Lipinski definition) is 17. The monoisotopic (exact) mass is 611 g/mol. The normalized spacial score (nSPS) is 24.8. The molecule has 3 rings (SSSR count). The first-order valence-electron chi connectivity index (χ1n) is 8.04. The van der Waals surface area contributed by atoms with Crippen LogP contribution in [-0.4, -0.2) is 54.7 Å². The van der Waals surface area contributed by atoms with Gasteiger partial charge in [-0.1, -0.05) is 0 Å². The first-order valence-corrected chi connectivity index (χ1v) is 12.4. The number of nitrogens with zero attached hydrogens (tertiary/aromatic N) is 3. The zero-order chi connectivity index (χ0) is 24.1. The van der Waals surface area contributed by atoms with Crippen molar-refractivity contribution in [2.75, 3.05) is 12.3 Å². The van der Waals surface area contributed by atoms with E-state index in [9.17, 15) is 48.3 Å². The summed E-state index contributed by atoms with van der Waals surface area (Å²) in [5, 5.41) is 20.3. The number of nitrogens with one attached hydrogen (secondary N) is 1. The van der Waals surface area contributed by atoms with E-state index in [2.05, 4.69) is 28.1 Å². The number of aliphatic hydroxyl groups excluding tert-OH is 2. The number of aromatic nitrogens is 4. The molecule has 26 heteroatoms. The molecule has 1 saturated heterocycles. The Labute approximate surface area is 289 Å². The van der Waals surface area contributed by atoms with Gasteiger partial charge < -0.3 is 49.3 Å². The summed E-state index contributed by atoms with van der Waals surface area (Å²) in [7, 11) is -18.2. The zero-order valence-electron chi connectivity index (χ0n) is 19.1. The fourth-order valence-electron chi connectivity index (χ4n) is 2.68. The van der Waals surface area contributed by atoms with Crippen LogP contribution >= 0.6 is 23.5 Å². The fraction of sp³-hybridized carbons (Fsp3) is 0.500. The number of imidazole rings is 1. The van der Waals surface area contributed by atoms with E-state index in [1.165, 1.54) is 0 Å². The molecule has 0 spiro atoms. The van der Waals surface area contributed by atoms with Crippen molar-refractivity contribution in [3.8, 4) is 0 Å². The predicted molar refractivity (Wildman–Crippen MR) is 89.4 cm³/mol. The molecule has 2 aromatic heterocycles. The Balaban J connectivity index is 0. The van der Waals surface area contributed by atoms with Crippen LogP contribution in [0.4, 0.5) is 5.82 Å². The Hall–Kier alpha value is 2.44. The van der Waals surface area contributed by atoms with Crippen molar-refractivity contribution in [3.63, 3.8) is 0 Å². The van der Waals surface area contributed by atoms with Crippen LogP contribution in [0.25, 0.3) is 11.2 Å². The van der Waals surface area contributed by atoms with E-state index < -0.39 is 60.3 Å². The molecule has 0 amide bonds. The smallest absolute Gasteiger partial charge is 0.790 e. The SMILES string of the molecule is Nc1[nH]c(=O)nc2c1ncn2[C@@H]1O[C@H](COP(=O)([O-])OP(=O)([O-])OP(=O)([O-])[O-])[C@@H](O)[C@H]1O.[Na+].[Na+].[Na+].[Na+]. The molecule has 0 aliphatic carbocycles. The van der Waals surface area contributed by atoms with Gasteiger partial charge in [-0.25, -0.2) is 14.1 Å². The van der Waals surface area contributed by atoms with Crippen LogP contribution in [-0.2, 0) is 31.6 Å². The maximum atomic E-state index is 11.6. The third kappa shape index (κ3) is 10.7. The van der Waals surface area contributed by atoms with E-state index in [0.717, 1.165) is 10.9 Å². The maximum Gasteiger partial charge on any atom is 1.00 e. The second kappa shape index (κ2) is 15.6. The summed E-state index contributed by atoms with van der Waals surface area (Å²) in [5.74, 6) is -0.152. The van der Waals surface area contributed by atoms with Crippen LogP contribution < -0.4 is 149 Å². The molecule has 36 heavy (non-hydrogen) atoms. The predicted octanol–water partition coefficient (Wildman–Crippen LogP) is -16.8. The van der Waals surface area contributed by atoms with Gasteiger partial charge in [0.2, 0.25) is 0 Å². The van der Waals surface area contributed by atoms with E-state index in [0.29, 0.717) is 0 Å². The van der Waals surface area contributed by atoms with Gasteiger partial charge in [-0.05, 0) is 0 Å². The minimum absolute atomic E-state index is 0. The van der Waals surface area contributed by atoms with Gasteiger partial charge in [-0.2, -0.15) is 4.98 Å². The summed E-state index contributed by atoms with van der Waals surface area (Å²) >= 11 is 0. The van der Waals surface area contributed by atoms with Gasteiger partial charge in [-0.3, -0.25) is 23.0 Å². The molecular weight excluding hydrogens is 599 g/mol. The molecule has 2 aromatic rings. The second-order valence-electron chi connectivity index (χ2n) is 6.13. The third-order valence-electron chi connectivity index (χ3n) is 3.88. The molecule has 0 aromatic carbocycles. The molecule has 1 aliphatic rings. The van der Waals surface area contributed by atoms with E-state index in [-0.39, 0.29) is 135 Å². The van der Waals surface area contributed by atoms with Crippen molar-refractivity contribution >= 4 is 40.4 Å². The number of phosphoric acid groups is 3. The number of ether oxygens (including phenoxy) is 1. The summed E-state index contributed by atoms with van der Waals surface area (Å²) in [5.41, 5.74) is 4.61. The third-order valence-corrected chi connectivity index (χ3v) is 7.55. The van der Waals surface area contributed by atoms with Crippen molar-refractivity contribution in [2.45, 2.75) is 24.5 Å². The van der Waals surface area contributed by atoms with Gasteiger partial charge in [0.05, 0.1) is 20.8 Å². The molecule has 19 nitrogen and oxygen atoms in total. The van der Waals surface area contributed by atoms with E-state index in [1.54, 1.807) is 0 Å². The first kappa shape index (κ1) is 40.6. The maximum absolute atomic E-state index is 11.6. The Bertz CT molecular complexity index is 1230. The van der Waals surface area contributed by atoms with Gasteiger partial charge in [0.15, 0.2) is 11.9 Å². The van der Waals surface area contributed by atoms with Gasteiger partial charge in [0.1, 0.15) is 29.6 Å². The quantitative estimate of drug-likeness (QED) is 0.159. The molecule has 6 atom stereocenters. The molecule has 0 radical (unpaired) electrons. The minimum Gasteiger partial charge on any atom is -0.790 e. The number of nitrogens with two attached hydrogens (primary N) is 1. The number of aliphatic hydroxyl groups is 2. The summed E-state index contributed by atoms with van der Waals surface area (Å²) in [6.07, 6.45) is -5.58. The molecule has 0 bridgehead atoms. The Morgan fingerprint density at radius 3 is 2.19 bits per heavy atom. The molecule has 1 fully saturated rings. The minimum atomic E-state index is -6.17. The van der Waals surface area contributed by atoms with Crippen molar-refractivity contribution in [1.82, 2.24) is 19.5 Å². The zero-order valence-corrected chi connectivity index (χ0v) is 29.8. The molecule has 0 saturated carbocycles. The van der Waals surface area contributed by atoms with Gasteiger partial charge in [0, 0.05) is 0 Å². The molecule has 180 valence electrons. The molecule has 5 N–H and O–H groups in total. The van der Waals surface area contributed by atoms with E-state index in [4.69, 9.17) is 10.5 Å². The standard InChI is InChI=1S/C10H16N5O14P3.4Na/c11-7-4-8(14-10(18)13-7)15(2-12-4)9-6(17)5(16)3(27-9)1-26-31(22,23)29-32(24,25)28-30(19,20)21;;;;/h2-3,5-6,9,16-17H,1H2,(H,22,23)(H,24,25)(H2,19,20,21)(H3,11,13,14,18);;;;/q;4*+1/p-4/t3-,5-,6-,9-;;;;/m1..../s1. The van der Waals surface area contributed by atoms with Crippen molar-refractivity contribution < 1.29 is 180 Å². The number of rotatable bonds is 8. The van der Waals surface area contributed by atoms with Gasteiger partial charge in [-0.15, -0.1) is 0 Å². The number of fused-ring (bicyclic) bond motifs is 1. The average molecular weight is 611 g/mol. The van der Waals surface area contributed by atoms with Crippen LogP contribution in [0.5, 0.6) is 0 Å². The van der Waals surface area contributed by atoms with Crippen molar-refractivity contribution in [1.29, 1.82) is 0 Å². The van der Waals surface area contributed by atoms with Crippen molar-refractivity contribution in [3.05, 3.63) is 16.8 Å². The number of hydrogen-bond donors (Lipinski definition) is 4. The number of H-pyrrole nitrogens is 1. The number of aromatic amines is 1. The first-order chi connectivity index (χ1) is 14.6. The summed E-state index contributed by atoms with van der Waals surface area (Å²) in [6.45, 7) is -1.13. The molecular formula is C10H12N5Na4O14P3. The summed E-state index contributed by atoms with van der Waals surface area (Å²) in [4.78, 5) is 64.6. The van der Waals surface area contributed by atoms with Crippen LogP contribution in [0.1, 0.15) is 6.23 Å². The van der Waals surface area contributed by atoms with Crippen LogP contribution in [0.15, 0.2) is 11.1 Å². The fourth-order valence-corrected chi connectivity index (χ4v) is 5.55. The summed E-state index contributed by atoms with van der Waals surface area (Å²) in [6, 6.07) is 0. The Kier molecular flexibility index (Phi) is 17.6. The van der Waals surface area contributed by atoms with Crippen LogP contribution in [0.2, 0.25) is 0 Å². The van der Waals surface area contributed by atoms with E-state index >= 15 is 0 Å². The number of nitrogen functional groups attached to an aromatic ring is 1. The van der Waals surface area contributed by atoms with Crippen LogP contribution in [0.3, 0.4) is 0 Å². The Morgan fingerprint density at radius 1 is 1.06 bits per heavy atom. The molecule has 3 heterocycles. The van der Waals surface area contributed by atoms with E-state index in [1.807, 2.05) is 0 Å².